The molecule has 0 aliphatic carbocycles. The second-order valence-corrected chi connectivity index (χ2v) is 10.0. The van der Waals surface area contributed by atoms with Crippen molar-refractivity contribution in [3.63, 3.8) is 0 Å². The quantitative estimate of drug-likeness (QED) is 0.318. The number of fused-ring (bicyclic) bond motifs is 2. The largest absolute Gasteiger partial charge is 1.00 e. The van der Waals surface area contributed by atoms with Gasteiger partial charge in [-0.3, -0.25) is 9.59 Å². The molecule has 2 aromatic rings. The molecule has 1 amide bonds. The summed E-state index contributed by atoms with van der Waals surface area (Å²) in [5.74, 6) is 0.390. The van der Waals surface area contributed by atoms with E-state index in [0.717, 1.165) is 40.5 Å². The average molecular weight is 572 g/mol. The van der Waals surface area contributed by atoms with Gasteiger partial charge in [-0.2, -0.15) is 6.42 Å². The van der Waals surface area contributed by atoms with Gasteiger partial charge in [0.25, 0.3) is 0 Å². The van der Waals surface area contributed by atoms with E-state index in [1.54, 1.807) is 20.2 Å². The van der Waals surface area contributed by atoms with Crippen molar-refractivity contribution in [1.82, 2.24) is 4.90 Å². The molecule has 0 spiro atoms. The molecule has 0 radical (unpaired) electrons. The zero-order valence-corrected chi connectivity index (χ0v) is 25.0. The van der Waals surface area contributed by atoms with Crippen LogP contribution < -0.4 is 28.3 Å². The van der Waals surface area contributed by atoms with E-state index >= 15 is 0 Å². The zero-order chi connectivity index (χ0) is 27.4. The minimum absolute atomic E-state index is 0. The molecule has 2 heterocycles. The van der Waals surface area contributed by atoms with Gasteiger partial charge in [0.15, 0.2) is 6.29 Å². The summed E-state index contributed by atoms with van der Waals surface area (Å²) in [7, 11) is 3.38. The number of unbranched alkanes of at least 4 members (excludes halogenated alkanes) is 1. The van der Waals surface area contributed by atoms with Crippen molar-refractivity contribution in [2.24, 2.45) is 0 Å². The number of ether oxygens (including phenoxy) is 4. The molecule has 0 atom stereocenters. The summed E-state index contributed by atoms with van der Waals surface area (Å²) in [5.41, 5.74) is 2.60. The van der Waals surface area contributed by atoms with Crippen LogP contribution in [0.25, 0.3) is 0 Å². The monoisotopic (exact) mass is 571 g/mol. The number of carbonyl (C=O) groups excluding carboxylic acids is 2. The number of para-hydroxylation sites is 2. The molecule has 7 nitrogen and oxygen atoms in total. The number of hydrogen-bond acceptors (Lipinski definition) is 6. The molecule has 0 unspecified atom stereocenters. The fraction of sp³-hybridized carbons (Fsp3) is 0.464. The number of amides is 1. The van der Waals surface area contributed by atoms with Crippen molar-refractivity contribution in [1.29, 1.82) is 0 Å². The van der Waals surface area contributed by atoms with Crippen molar-refractivity contribution in [2.45, 2.75) is 72.2 Å². The van der Waals surface area contributed by atoms with Crippen LogP contribution in [-0.4, -0.2) is 43.3 Å². The van der Waals surface area contributed by atoms with Gasteiger partial charge < -0.3 is 30.8 Å². The van der Waals surface area contributed by atoms with Gasteiger partial charge in [-0.25, -0.2) is 0 Å². The molecular formula is C28H39BrLiNO6. The summed E-state index contributed by atoms with van der Waals surface area (Å²) in [6, 6.07) is 11.4. The predicted molar refractivity (Wildman–Crippen MR) is 145 cm³/mol. The van der Waals surface area contributed by atoms with E-state index in [1.807, 2.05) is 58.0 Å². The first-order valence-electron chi connectivity index (χ1n) is 11.8. The van der Waals surface area contributed by atoms with Gasteiger partial charge in [-0.05, 0) is 28.1 Å². The van der Waals surface area contributed by atoms with Gasteiger partial charge in [0.2, 0.25) is 18.0 Å². The summed E-state index contributed by atoms with van der Waals surface area (Å²) in [6.45, 7) is 14.3. The van der Waals surface area contributed by atoms with Gasteiger partial charge in [0.05, 0.1) is 23.2 Å². The first-order chi connectivity index (χ1) is 16.9. The SMILES string of the molecule is CC1(C)OCc2cccc(Br)c2O1.CC1(C)OCc2cccc(C=O)c2O1.CN(C)C=O.[CH2-]CCC.[Li+]. The molecule has 37 heavy (non-hydrogen) atoms. The molecule has 0 saturated heterocycles. The van der Waals surface area contributed by atoms with Crippen LogP contribution >= 0.6 is 15.9 Å². The summed E-state index contributed by atoms with van der Waals surface area (Å²) in [5, 5.41) is 0. The third-order valence-corrected chi connectivity index (χ3v) is 5.34. The number of hydrogen-bond donors (Lipinski definition) is 0. The van der Waals surface area contributed by atoms with Crippen molar-refractivity contribution in [2.75, 3.05) is 14.1 Å². The van der Waals surface area contributed by atoms with Crippen LogP contribution in [0.15, 0.2) is 40.9 Å². The number of benzene rings is 2. The summed E-state index contributed by atoms with van der Waals surface area (Å²) in [4.78, 5) is 21.6. The molecule has 0 N–H and O–H groups in total. The van der Waals surface area contributed by atoms with E-state index in [4.69, 9.17) is 18.9 Å². The first-order valence-corrected chi connectivity index (χ1v) is 12.6. The molecular weight excluding hydrogens is 533 g/mol. The molecule has 200 valence electrons. The fourth-order valence-electron chi connectivity index (χ4n) is 2.77. The molecule has 2 aliphatic heterocycles. The average Bonchev–Trinajstić information content (AvgIpc) is 2.84. The van der Waals surface area contributed by atoms with Crippen LogP contribution in [0.4, 0.5) is 0 Å². The normalized spacial score (nSPS) is 15.3. The Kier molecular flexibility index (Phi) is 16.1. The Morgan fingerprint density at radius 2 is 1.35 bits per heavy atom. The Morgan fingerprint density at radius 1 is 0.919 bits per heavy atom. The molecule has 0 bridgehead atoms. The van der Waals surface area contributed by atoms with Gasteiger partial charge >= 0.3 is 18.9 Å². The molecule has 9 heteroatoms. The summed E-state index contributed by atoms with van der Waals surface area (Å²) in [6.07, 6.45) is 3.83. The van der Waals surface area contributed by atoms with Crippen LogP contribution in [0.5, 0.6) is 11.5 Å². The van der Waals surface area contributed by atoms with Crippen LogP contribution in [0.1, 0.15) is 68.9 Å². The van der Waals surface area contributed by atoms with Gasteiger partial charge in [0, 0.05) is 52.9 Å². The van der Waals surface area contributed by atoms with E-state index in [0.29, 0.717) is 24.5 Å². The standard InChI is InChI=1S/C11H12O3.C10H11BrO2.C4H9.C3H7NO.Li/c1-11(2)13-7-9-5-3-4-8(6-12)10(9)14-11;1-10(2)12-6-7-4-3-5-8(11)9(7)13-10;1-3-4-2;1-4(2)3-5;/h3-6H,7H2,1-2H3;3-5H,6H2,1-2H3;1,3-4H2,2H3;3H,1-2H3;/q;;-1;;+1. The molecule has 4 rings (SSSR count). The van der Waals surface area contributed by atoms with Crippen molar-refractivity contribution in [3.8, 4) is 11.5 Å². The second kappa shape index (κ2) is 16.9. The molecule has 2 aromatic carbocycles. The zero-order valence-electron chi connectivity index (χ0n) is 23.4. The van der Waals surface area contributed by atoms with E-state index < -0.39 is 11.6 Å². The van der Waals surface area contributed by atoms with Crippen LogP contribution in [0.3, 0.4) is 0 Å². The van der Waals surface area contributed by atoms with E-state index in [-0.39, 0.29) is 18.9 Å². The predicted octanol–water partition coefficient (Wildman–Crippen LogP) is 3.57. The fourth-order valence-corrected chi connectivity index (χ4v) is 3.26. The third-order valence-electron chi connectivity index (χ3n) is 4.71. The van der Waals surface area contributed by atoms with Crippen molar-refractivity contribution in [3.05, 3.63) is 64.5 Å². The molecule has 2 aliphatic rings. The first kappa shape index (κ1) is 35.2. The van der Waals surface area contributed by atoms with Crippen LogP contribution in [0.2, 0.25) is 0 Å². The Morgan fingerprint density at radius 3 is 1.78 bits per heavy atom. The minimum Gasteiger partial charge on any atom is -0.462 e. The topological polar surface area (TPSA) is 74.3 Å². The van der Waals surface area contributed by atoms with E-state index in [9.17, 15) is 9.59 Å². The number of carbonyl (C=O) groups is 2. The molecule has 0 saturated carbocycles. The minimum atomic E-state index is -0.647. The van der Waals surface area contributed by atoms with E-state index in [1.165, 1.54) is 11.3 Å². The Labute approximate surface area is 242 Å². The number of aldehydes is 1. The summed E-state index contributed by atoms with van der Waals surface area (Å²) < 4.78 is 23.2. The van der Waals surface area contributed by atoms with Gasteiger partial charge in [-0.15, -0.1) is 0 Å². The third kappa shape index (κ3) is 12.5. The van der Waals surface area contributed by atoms with Crippen LogP contribution in [-0.2, 0) is 27.5 Å². The van der Waals surface area contributed by atoms with Gasteiger partial charge in [0.1, 0.15) is 11.5 Å². The Bertz CT molecular complexity index is 979. The van der Waals surface area contributed by atoms with Crippen LogP contribution in [0, 0.1) is 6.92 Å². The maximum atomic E-state index is 10.8. The Hall–Kier alpha value is -1.82. The smallest absolute Gasteiger partial charge is 0.462 e. The van der Waals surface area contributed by atoms with Gasteiger partial charge in [-0.1, -0.05) is 37.6 Å². The number of nitrogens with zero attached hydrogens (tertiary/aromatic N) is 1. The number of rotatable bonds is 3. The Balaban J connectivity index is 0.000000523. The van der Waals surface area contributed by atoms with Crippen molar-refractivity contribution >= 4 is 28.6 Å². The summed E-state index contributed by atoms with van der Waals surface area (Å²) >= 11 is 3.45. The maximum Gasteiger partial charge on any atom is 1.00 e. The molecule has 0 fully saturated rings. The van der Waals surface area contributed by atoms with Crippen molar-refractivity contribution < 1.29 is 47.4 Å². The number of halogens is 1. The maximum absolute atomic E-state index is 10.8. The van der Waals surface area contributed by atoms with E-state index in [2.05, 4.69) is 29.8 Å². The second-order valence-electron chi connectivity index (χ2n) is 9.19. The molecule has 0 aromatic heterocycles.